The number of nitrogens with two attached hydrogens (primary N) is 1. The summed E-state index contributed by atoms with van der Waals surface area (Å²) < 4.78 is 5.29. The molecule has 0 saturated heterocycles. The minimum atomic E-state index is -0.928. The summed E-state index contributed by atoms with van der Waals surface area (Å²) in [5, 5.41) is 9.33. The highest BCUT2D eigenvalue weighted by molar-refractivity contribution is 6.32. The molecule has 0 aliphatic rings. The van der Waals surface area contributed by atoms with Gasteiger partial charge in [0.25, 0.3) is 0 Å². The van der Waals surface area contributed by atoms with Crippen LogP contribution in [0.15, 0.2) is 18.2 Å². The molecule has 0 aromatic heterocycles. The van der Waals surface area contributed by atoms with Crippen LogP contribution in [0.1, 0.15) is 25.5 Å². The number of carboxylic acid groups (broad SMARTS) is 1. The standard InChI is InChI=1S/C12H16ClNO3/c1-3-17-10-5-4-8(6-9(10)13)11(14)7(2)12(15)16/h4-7,11H,3,14H2,1-2H3,(H,15,16). The number of ether oxygens (including phenoxy) is 1. The topological polar surface area (TPSA) is 72.5 Å². The Hall–Kier alpha value is -1.26. The predicted molar refractivity (Wildman–Crippen MR) is 66.3 cm³/mol. The number of halogens is 1. The molecule has 0 heterocycles. The molecule has 0 spiro atoms. The SMILES string of the molecule is CCOc1ccc(C(N)C(C)C(=O)O)cc1Cl. The van der Waals surface area contributed by atoms with Crippen LogP contribution >= 0.6 is 11.6 Å². The molecule has 0 saturated carbocycles. The van der Waals surface area contributed by atoms with E-state index in [9.17, 15) is 4.79 Å². The minimum absolute atomic E-state index is 0.442. The Morgan fingerprint density at radius 1 is 1.59 bits per heavy atom. The van der Waals surface area contributed by atoms with Crippen molar-refractivity contribution < 1.29 is 14.6 Å². The van der Waals surface area contributed by atoms with Crippen LogP contribution < -0.4 is 10.5 Å². The van der Waals surface area contributed by atoms with Crippen LogP contribution in [0.2, 0.25) is 5.02 Å². The van der Waals surface area contributed by atoms with E-state index >= 15 is 0 Å². The van der Waals surface area contributed by atoms with Crippen molar-refractivity contribution >= 4 is 17.6 Å². The third-order valence-electron chi connectivity index (χ3n) is 2.57. The fourth-order valence-corrected chi connectivity index (χ4v) is 1.68. The van der Waals surface area contributed by atoms with Gasteiger partial charge in [-0.3, -0.25) is 4.79 Å². The minimum Gasteiger partial charge on any atom is -0.492 e. The first-order valence-corrected chi connectivity index (χ1v) is 5.75. The zero-order valence-corrected chi connectivity index (χ0v) is 10.6. The van der Waals surface area contributed by atoms with E-state index in [1.54, 1.807) is 25.1 Å². The van der Waals surface area contributed by atoms with E-state index in [0.717, 1.165) is 0 Å². The molecule has 0 amide bonds. The molecule has 94 valence electrons. The zero-order valence-electron chi connectivity index (χ0n) is 9.81. The first-order valence-electron chi connectivity index (χ1n) is 5.38. The van der Waals surface area contributed by atoms with Gasteiger partial charge in [-0.15, -0.1) is 0 Å². The molecule has 2 unspecified atom stereocenters. The molecule has 17 heavy (non-hydrogen) atoms. The van der Waals surface area contributed by atoms with Gasteiger partial charge in [0.2, 0.25) is 0 Å². The molecule has 0 fully saturated rings. The molecule has 1 aromatic carbocycles. The average Bonchev–Trinajstić information content (AvgIpc) is 2.30. The van der Waals surface area contributed by atoms with Gasteiger partial charge in [-0.05, 0) is 24.6 Å². The second-order valence-electron chi connectivity index (χ2n) is 3.78. The summed E-state index contributed by atoms with van der Waals surface area (Å²) in [6.45, 7) is 3.95. The van der Waals surface area contributed by atoms with Crippen molar-refractivity contribution in [1.82, 2.24) is 0 Å². The van der Waals surface area contributed by atoms with Crippen molar-refractivity contribution in [2.45, 2.75) is 19.9 Å². The Kier molecular flexibility index (Phi) is 4.78. The smallest absolute Gasteiger partial charge is 0.308 e. The molecular weight excluding hydrogens is 242 g/mol. The summed E-state index contributed by atoms with van der Waals surface area (Å²) in [6.07, 6.45) is 0. The van der Waals surface area contributed by atoms with Crippen molar-refractivity contribution in [1.29, 1.82) is 0 Å². The summed E-state index contributed by atoms with van der Waals surface area (Å²) in [5.41, 5.74) is 6.54. The van der Waals surface area contributed by atoms with Gasteiger partial charge >= 0.3 is 5.97 Å². The van der Waals surface area contributed by atoms with Crippen LogP contribution in [0.25, 0.3) is 0 Å². The lowest BCUT2D eigenvalue weighted by Gasteiger charge is -2.17. The fraction of sp³-hybridized carbons (Fsp3) is 0.417. The maximum absolute atomic E-state index is 10.8. The van der Waals surface area contributed by atoms with Crippen LogP contribution in [0.3, 0.4) is 0 Å². The highest BCUT2D eigenvalue weighted by atomic mass is 35.5. The Balaban J connectivity index is 2.93. The van der Waals surface area contributed by atoms with Gasteiger partial charge in [0.15, 0.2) is 0 Å². The quantitative estimate of drug-likeness (QED) is 0.850. The molecule has 5 heteroatoms. The third-order valence-corrected chi connectivity index (χ3v) is 2.86. The summed E-state index contributed by atoms with van der Waals surface area (Å²) in [6, 6.07) is 4.51. The molecular formula is C12H16ClNO3. The monoisotopic (exact) mass is 257 g/mol. The Bertz CT molecular complexity index is 409. The normalized spacial score (nSPS) is 14.1. The second kappa shape index (κ2) is 5.89. The van der Waals surface area contributed by atoms with Gasteiger partial charge in [0, 0.05) is 6.04 Å². The van der Waals surface area contributed by atoms with E-state index in [-0.39, 0.29) is 0 Å². The van der Waals surface area contributed by atoms with E-state index in [1.165, 1.54) is 0 Å². The summed E-state index contributed by atoms with van der Waals surface area (Å²) in [7, 11) is 0. The summed E-state index contributed by atoms with van der Waals surface area (Å²) >= 11 is 6.01. The van der Waals surface area contributed by atoms with Crippen LogP contribution in [0, 0.1) is 5.92 Å². The van der Waals surface area contributed by atoms with Crippen molar-refractivity contribution in [2.24, 2.45) is 11.7 Å². The molecule has 1 aromatic rings. The van der Waals surface area contributed by atoms with Crippen LogP contribution in [0.4, 0.5) is 0 Å². The molecule has 0 radical (unpaired) electrons. The van der Waals surface area contributed by atoms with Gasteiger partial charge in [0.1, 0.15) is 5.75 Å². The van der Waals surface area contributed by atoms with Gasteiger partial charge in [-0.1, -0.05) is 24.6 Å². The van der Waals surface area contributed by atoms with Crippen molar-refractivity contribution in [3.05, 3.63) is 28.8 Å². The van der Waals surface area contributed by atoms with Crippen molar-refractivity contribution in [2.75, 3.05) is 6.61 Å². The van der Waals surface area contributed by atoms with E-state index in [0.29, 0.717) is 22.9 Å². The lowest BCUT2D eigenvalue weighted by Crippen LogP contribution is -2.25. The molecule has 4 nitrogen and oxygen atoms in total. The maximum atomic E-state index is 10.8. The molecule has 0 aliphatic carbocycles. The average molecular weight is 258 g/mol. The van der Waals surface area contributed by atoms with E-state index in [1.807, 2.05) is 6.92 Å². The molecule has 0 bridgehead atoms. The lowest BCUT2D eigenvalue weighted by molar-refractivity contribution is -0.141. The first-order chi connectivity index (χ1) is 7.97. The van der Waals surface area contributed by atoms with Crippen molar-refractivity contribution in [3.63, 3.8) is 0 Å². The number of carbonyl (C=O) groups is 1. The van der Waals surface area contributed by atoms with Crippen LogP contribution in [-0.4, -0.2) is 17.7 Å². The molecule has 3 N–H and O–H groups in total. The third kappa shape index (κ3) is 3.35. The highest BCUT2D eigenvalue weighted by Gasteiger charge is 2.22. The van der Waals surface area contributed by atoms with Crippen LogP contribution in [-0.2, 0) is 4.79 Å². The second-order valence-corrected chi connectivity index (χ2v) is 4.18. The summed E-state index contributed by atoms with van der Waals surface area (Å²) in [4.78, 5) is 10.8. The van der Waals surface area contributed by atoms with Gasteiger partial charge in [-0.25, -0.2) is 0 Å². The molecule has 1 rings (SSSR count). The molecule has 0 aliphatic heterocycles. The van der Waals surface area contributed by atoms with E-state index < -0.39 is 17.9 Å². The van der Waals surface area contributed by atoms with E-state index in [2.05, 4.69) is 0 Å². The number of hydrogen-bond donors (Lipinski definition) is 2. The van der Waals surface area contributed by atoms with Crippen molar-refractivity contribution in [3.8, 4) is 5.75 Å². The fourth-order valence-electron chi connectivity index (χ4n) is 1.44. The van der Waals surface area contributed by atoms with Gasteiger partial charge < -0.3 is 15.6 Å². The van der Waals surface area contributed by atoms with E-state index in [4.69, 9.17) is 27.2 Å². The van der Waals surface area contributed by atoms with Gasteiger partial charge in [-0.2, -0.15) is 0 Å². The largest absolute Gasteiger partial charge is 0.492 e. The number of rotatable bonds is 5. The van der Waals surface area contributed by atoms with Gasteiger partial charge in [0.05, 0.1) is 17.5 Å². The Labute approximate surface area is 105 Å². The lowest BCUT2D eigenvalue weighted by atomic mass is 9.95. The van der Waals surface area contributed by atoms with Crippen LogP contribution in [0.5, 0.6) is 5.75 Å². The molecule has 2 atom stereocenters. The maximum Gasteiger partial charge on any atom is 0.308 e. The Morgan fingerprint density at radius 3 is 2.71 bits per heavy atom. The number of hydrogen-bond acceptors (Lipinski definition) is 3. The zero-order chi connectivity index (χ0) is 13.0. The first kappa shape index (κ1) is 13.8. The predicted octanol–water partition coefficient (Wildman–Crippen LogP) is 2.46. The highest BCUT2D eigenvalue weighted by Crippen LogP contribution is 2.29. The number of benzene rings is 1. The number of aliphatic carboxylic acids is 1. The Morgan fingerprint density at radius 2 is 2.24 bits per heavy atom. The number of carboxylic acids is 1. The summed E-state index contributed by atoms with van der Waals surface area (Å²) in [5.74, 6) is -1.01.